The molecule has 8 heteroatoms. The van der Waals surface area contributed by atoms with Crippen molar-refractivity contribution in [1.82, 2.24) is 5.32 Å². The van der Waals surface area contributed by atoms with Crippen LogP contribution in [0.2, 0.25) is 10.0 Å². The fourth-order valence-corrected chi connectivity index (χ4v) is 3.51. The summed E-state index contributed by atoms with van der Waals surface area (Å²) < 4.78 is 16.3. The number of benzene rings is 3. The first-order chi connectivity index (χ1) is 16.4. The van der Waals surface area contributed by atoms with Crippen LogP contribution >= 0.6 is 23.2 Å². The quantitative estimate of drug-likeness (QED) is 0.298. The molecule has 0 aromatic heterocycles. The van der Waals surface area contributed by atoms with Crippen LogP contribution in [0.1, 0.15) is 16.7 Å². The van der Waals surface area contributed by atoms with Gasteiger partial charge < -0.3 is 19.5 Å². The largest absolute Gasteiger partial charge is 0.497 e. The maximum atomic E-state index is 12.5. The molecule has 3 rings (SSSR count). The molecule has 0 spiro atoms. The number of carbonyl (C=O) groups is 1. The Hall–Kier alpha value is -3.66. The number of nitrogens with one attached hydrogen (secondary N) is 1. The number of hydrogen-bond donors (Lipinski definition) is 1. The van der Waals surface area contributed by atoms with Crippen molar-refractivity contribution >= 4 is 35.2 Å². The van der Waals surface area contributed by atoms with Gasteiger partial charge in [-0.05, 0) is 48.0 Å². The van der Waals surface area contributed by atoms with E-state index in [-0.39, 0.29) is 18.7 Å². The van der Waals surface area contributed by atoms with Crippen LogP contribution in [0.5, 0.6) is 17.2 Å². The predicted octanol–water partition coefficient (Wildman–Crippen LogP) is 5.81. The third-order valence-electron chi connectivity index (χ3n) is 4.90. The fourth-order valence-electron chi connectivity index (χ4n) is 3.04. The van der Waals surface area contributed by atoms with Gasteiger partial charge in [0.25, 0.3) is 5.91 Å². The van der Waals surface area contributed by atoms with Crippen LogP contribution in [-0.2, 0) is 17.9 Å². The summed E-state index contributed by atoms with van der Waals surface area (Å²) in [5.41, 5.74) is 2.24. The number of methoxy groups -OCH3 is 2. The van der Waals surface area contributed by atoms with E-state index in [9.17, 15) is 10.1 Å². The number of nitrogens with zero attached hydrogens (tertiary/aromatic N) is 1. The van der Waals surface area contributed by atoms with Crippen LogP contribution in [0, 0.1) is 11.3 Å². The van der Waals surface area contributed by atoms with Crippen LogP contribution in [-0.4, -0.2) is 20.1 Å². The Morgan fingerprint density at radius 2 is 1.68 bits per heavy atom. The Kier molecular flexibility index (Phi) is 8.80. The van der Waals surface area contributed by atoms with Gasteiger partial charge in [0.2, 0.25) is 0 Å². The fraction of sp³-hybridized carbons (Fsp3) is 0.154. The number of hydrogen-bond acceptors (Lipinski definition) is 5. The van der Waals surface area contributed by atoms with Crippen LogP contribution in [0.3, 0.4) is 0 Å². The second-order valence-corrected chi connectivity index (χ2v) is 7.97. The molecule has 1 amide bonds. The Morgan fingerprint density at radius 3 is 2.32 bits per heavy atom. The normalized spacial score (nSPS) is 10.9. The lowest BCUT2D eigenvalue weighted by atomic mass is 10.1. The van der Waals surface area contributed by atoms with Gasteiger partial charge >= 0.3 is 0 Å². The summed E-state index contributed by atoms with van der Waals surface area (Å²) in [6.07, 6.45) is 1.51. The zero-order valence-corrected chi connectivity index (χ0v) is 20.1. The zero-order valence-electron chi connectivity index (χ0n) is 18.6. The van der Waals surface area contributed by atoms with Gasteiger partial charge in [-0.15, -0.1) is 0 Å². The highest BCUT2D eigenvalue weighted by molar-refractivity contribution is 6.35. The maximum absolute atomic E-state index is 12.5. The van der Waals surface area contributed by atoms with Gasteiger partial charge in [-0.1, -0.05) is 41.4 Å². The highest BCUT2D eigenvalue weighted by atomic mass is 35.5. The molecule has 0 radical (unpaired) electrons. The molecule has 0 unspecified atom stereocenters. The number of amides is 1. The van der Waals surface area contributed by atoms with Crippen molar-refractivity contribution < 1.29 is 19.0 Å². The third-order valence-corrected chi connectivity index (χ3v) is 5.49. The summed E-state index contributed by atoms with van der Waals surface area (Å²) >= 11 is 12.1. The molecule has 3 aromatic carbocycles. The van der Waals surface area contributed by atoms with Crippen molar-refractivity contribution in [3.05, 3.63) is 93.0 Å². The molecule has 0 heterocycles. The molecule has 0 saturated carbocycles. The number of carbonyl (C=O) groups excluding carboxylic acids is 1. The number of nitriles is 1. The average molecular weight is 497 g/mol. The first kappa shape index (κ1) is 25.0. The van der Waals surface area contributed by atoms with Crippen LogP contribution in [0.15, 0.2) is 66.2 Å². The molecule has 0 bridgehead atoms. The molecule has 1 N–H and O–H groups in total. The molecule has 0 aliphatic rings. The predicted molar refractivity (Wildman–Crippen MR) is 132 cm³/mol. The summed E-state index contributed by atoms with van der Waals surface area (Å²) in [4.78, 5) is 12.5. The lowest BCUT2D eigenvalue weighted by molar-refractivity contribution is -0.117. The van der Waals surface area contributed by atoms with E-state index in [0.717, 1.165) is 11.1 Å². The summed E-state index contributed by atoms with van der Waals surface area (Å²) in [6.45, 7) is 0.483. The second kappa shape index (κ2) is 12.0. The van der Waals surface area contributed by atoms with Crippen LogP contribution in [0.25, 0.3) is 6.08 Å². The molecule has 6 nitrogen and oxygen atoms in total. The molecule has 3 aromatic rings. The Bertz CT molecular complexity index is 1230. The molecule has 0 fully saturated rings. The highest BCUT2D eigenvalue weighted by Gasteiger charge is 2.11. The lowest BCUT2D eigenvalue weighted by Gasteiger charge is -2.11. The van der Waals surface area contributed by atoms with Crippen LogP contribution in [0.4, 0.5) is 0 Å². The summed E-state index contributed by atoms with van der Waals surface area (Å²) in [5, 5.41) is 13.3. The SMILES string of the molecule is COc1ccc(CNC(=O)/C(C#N)=C/c2ccc(OCc3ccc(Cl)cc3Cl)cc2)c(OC)c1. The molecule has 0 saturated heterocycles. The van der Waals surface area contributed by atoms with E-state index in [2.05, 4.69) is 5.32 Å². The van der Waals surface area contributed by atoms with Crippen LogP contribution < -0.4 is 19.5 Å². The smallest absolute Gasteiger partial charge is 0.262 e. The van der Waals surface area contributed by atoms with E-state index < -0.39 is 5.91 Å². The molecular formula is C26H22Cl2N2O4. The molecule has 174 valence electrons. The maximum Gasteiger partial charge on any atom is 0.262 e. The van der Waals surface area contributed by atoms with Gasteiger partial charge in [-0.3, -0.25) is 4.79 Å². The van der Waals surface area contributed by atoms with E-state index in [0.29, 0.717) is 32.9 Å². The van der Waals surface area contributed by atoms with E-state index in [1.54, 1.807) is 67.8 Å². The third kappa shape index (κ3) is 6.67. The minimum absolute atomic E-state index is 0.0194. The van der Waals surface area contributed by atoms with E-state index in [1.807, 2.05) is 6.07 Å². The average Bonchev–Trinajstić information content (AvgIpc) is 2.85. The van der Waals surface area contributed by atoms with E-state index in [4.69, 9.17) is 37.4 Å². The zero-order chi connectivity index (χ0) is 24.5. The first-order valence-electron chi connectivity index (χ1n) is 10.2. The van der Waals surface area contributed by atoms with Crippen molar-refractivity contribution in [3.63, 3.8) is 0 Å². The van der Waals surface area contributed by atoms with Gasteiger partial charge in [-0.2, -0.15) is 5.26 Å². The lowest BCUT2D eigenvalue weighted by Crippen LogP contribution is -2.24. The van der Waals surface area contributed by atoms with Crippen molar-refractivity contribution in [2.75, 3.05) is 14.2 Å². The number of halogens is 2. The molecule has 34 heavy (non-hydrogen) atoms. The highest BCUT2D eigenvalue weighted by Crippen LogP contribution is 2.25. The first-order valence-corrected chi connectivity index (χ1v) is 11.0. The molecular weight excluding hydrogens is 475 g/mol. The van der Waals surface area contributed by atoms with Gasteiger partial charge in [-0.25, -0.2) is 0 Å². The van der Waals surface area contributed by atoms with Gasteiger partial charge in [0.1, 0.15) is 35.5 Å². The summed E-state index contributed by atoms with van der Waals surface area (Å²) in [6, 6.07) is 19.5. The van der Waals surface area contributed by atoms with E-state index >= 15 is 0 Å². The Balaban J connectivity index is 1.62. The Labute approximate surface area is 208 Å². The monoisotopic (exact) mass is 496 g/mol. The summed E-state index contributed by atoms with van der Waals surface area (Å²) in [7, 11) is 3.10. The van der Waals surface area contributed by atoms with Gasteiger partial charge in [0.15, 0.2) is 0 Å². The topological polar surface area (TPSA) is 80.6 Å². The van der Waals surface area contributed by atoms with Gasteiger partial charge in [0.05, 0.1) is 14.2 Å². The summed E-state index contributed by atoms with van der Waals surface area (Å²) in [5.74, 6) is 1.36. The minimum atomic E-state index is -0.488. The van der Waals surface area contributed by atoms with Crippen molar-refractivity contribution in [2.45, 2.75) is 13.2 Å². The van der Waals surface area contributed by atoms with Crippen molar-refractivity contribution in [3.8, 4) is 23.3 Å². The van der Waals surface area contributed by atoms with Crippen molar-refractivity contribution in [1.29, 1.82) is 5.26 Å². The number of rotatable bonds is 9. The minimum Gasteiger partial charge on any atom is -0.497 e. The van der Waals surface area contributed by atoms with Gasteiger partial charge in [0, 0.05) is 33.8 Å². The standard InChI is InChI=1S/C26H22Cl2N2O4/c1-32-23-10-6-18(25(13-23)33-2)15-30-26(31)20(14-29)11-17-3-8-22(9-4-17)34-16-19-5-7-21(27)12-24(19)28/h3-13H,15-16H2,1-2H3,(H,30,31)/b20-11+. The molecule has 0 aliphatic heterocycles. The van der Waals surface area contributed by atoms with Crippen molar-refractivity contribution in [2.24, 2.45) is 0 Å². The second-order valence-electron chi connectivity index (χ2n) is 7.12. The Morgan fingerprint density at radius 1 is 0.971 bits per heavy atom. The molecule has 0 aliphatic carbocycles. The molecule has 0 atom stereocenters. The van der Waals surface area contributed by atoms with E-state index in [1.165, 1.54) is 13.2 Å². The number of ether oxygens (including phenoxy) is 3.